The van der Waals surface area contributed by atoms with Crippen molar-refractivity contribution in [1.29, 1.82) is 0 Å². The number of alkyl halides is 3. The Morgan fingerprint density at radius 1 is 0.815 bits per heavy atom. The molecular formula is C44H39F3IrN4OSi-2. The van der Waals surface area contributed by atoms with Crippen LogP contribution in [0.25, 0.3) is 55.7 Å². The minimum absolute atomic E-state index is 0. The SMILES string of the molecule is CC(C)Cc1cc(-c2[c-]cccc2)ncc1[Si](C)(C)C.FC(F)(F)c1ccc2c(n1)oc1c(-c3nc4ccccc4n3Cc3ccccc3)[c-]ccc12.[Ir]. The second-order valence-corrected chi connectivity index (χ2v) is 19.6. The summed E-state index contributed by atoms with van der Waals surface area (Å²) in [5.74, 6) is 1.29. The Morgan fingerprint density at radius 2 is 1.56 bits per heavy atom. The molecule has 4 aromatic carbocycles. The molecule has 4 heterocycles. The van der Waals surface area contributed by atoms with Crippen molar-refractivity contribution in [2.45, 2.75) is 52.6 Å². The fourth-order valence-corrected chi connectivity index (χ4v) is 8.21. The van der Waals surface area contributed by atoms with Crippen LogP contribution in [0.1, 0.15) is 30.7 Å². The van der Waals surface area contributed by atoms with E-state index in [1.165, 1.54) is 16.8 Å². The summed E-state index contributed by atoms with van der Waals surface area (Å²) in [6.45, 7) is 12.3. The number of hydrogen-bond donors (Lipinski definition) is 0. The van der Waals surface area contributed by atoms with Crippen LogP contribution in [0.4, 0.5) is 13.2 Å². The molecule has 5 nitrogen and oxygen atoms in total. The quantitative estimate of drug-likeness (QED) is 0.118. The number of imidazole rings is 1. The van der Waals surface area contributed by atoms with Crippen LogP contribution in [0.5, 0.6) is 0 Å². The Morgan fingerprint density at radius 3 is 2.26 bits per heavy atom. The number of para-hydroxylation sites is 2. The first-order chi connectivity index (χ1) is 25.4. The van der Waals surface area contributed by atoms with Crippen molar-refractivity contribution in [3.05, 3.63) is 144 Å². The number of fused-ring (bicyclic) bond motifs is 4. The summed E-state index contributed by atoms with van der Waals surface area (Å²) in [7, 11) is -1.34. The summed E-state index contributed by atoms with van der Waals surface area (Å²) in [5.41, 5.74) is 6.37. The Hall–Kier alpha value is -4.89. The fraction of sp³-hybridized carbons (Fsp3) is 0.205. The van der Waals surface area contributed by atoms with E-state index in [-0.39, 0.29) is 25.8 Å². The number of aromatic nitrogens is 4. The molecule has 0 fully saturated rings. The van der Waals surface area contributed by atoms with Crippen LogP contribution in [-0.2, 0) is 39.2 Å². The summed E-state index contributed by atoms with van der Waals surface area (Å²) in [5, 5.41) is 2.67. The van der Waals surface area contributed by atoms with Crippen molar-refractivity contribution in [2.75, 3.05) is 0 Å². The van der Waals surface area contributed by atoms with Gasteiger partial charge in [-0.15, -0.1) is 54.1 Å². The van der Waals surface area contributed by atoms with E-state index < -0.39 is 19.9 Å². The van der Waals surface area contributed by atoms with Crippen molar-refractivity contribution < 1.29 is 37.7 Å². The molecule has 0 N–H and O–H groups in total. The first kappa shape index (κ1) is 38.8. The third-order valence-corrected chi connectivity index (χ3v) is 11.1. The Kier molecular flexibility index (Phi) is 11.4. The third kappa shape index (κ3) is 8.26. The van der Waals surface area contributed by atoms with Crippen molar-refractivity contribution in [3.63, 3.8) is 0 Å². The maximum atomic E-state index is 13.2. The summed E-state index contributed by atoms with van der Waals surface area (Å²) in [6.07, 6.45) is -1.31. The van der Waals surface area contributed by atoms with Crippen molar-refractivity contribution >= 4 is 46.4 Å². The van der Waals surface area contributed by atoms with Gasteiger partial charge in [0.05, 0.1) is 30.5 Å². The zero-order valence-electron chi connectivity index (χ0n) is 30.6. The summed E-state index contributed by atoms with van der Waals surface area (Å²) in [6, 6.07) is 40.4. The van der Waals surface area contributed by atoms with Crippen LogP contribution < -0.4 is 5.19 Å². The van der Waals surface area contributed by atoms with E-state index in [4.69, 9.17) is 9.40 Å². The van der Waals surface area contributed by atoms with Crippen molar-refractivity contribution in [2.24, 2.45) is 5.92 Å². The monoisotopic (exact) mass is 917 g/mol. The molecule has 0 saturated heterocycles. The normalized spacial score (nSPS) is 11.9. The molecule has 4 aromatic heterocycles. The molecule has 0 amide bonds. The number of pyridine rings is 2. The number of halogens is 3. The van der Waals surface area contributed by atoms with Gasteiger partial charge in [0.25, 0.3) is 0 Å². The first-order valence-corrected chi connectivity index (χ1v) is 21.1. The molecule has 277 valence electrons. The van der Waals surface area contributed by atoms with Crippen LogP contribution in [0.2, 0.25) is 19.6 Å². The molecule has 10 heteroatoms. The molecular weight excluding hydrogens is 878 g/mol. The number of nitrogens with zero attached hydrogens (tertiary/aromatic N) is 4. The van der Waals surface area contributed by atoms with Gasteiger partial charge in [0.2, 0.25) is 5.71 Å². The van der Waals surface area contributed by atoms with Gasteiger partial charge in [-0.25, -0.2) is 4.98 Å². The van der Waals surface area contributed by atoms with Gasteiger partial charge in [-0.1, -0.05) is 98.5 Å². The summed E-state index contributed by atoms with van der Waals surface area (Å²) < 4.78 is 47.5. The fourth-order valence-electron chi connectivity index (χ4n) is 6.62. The topological polar surface area (TPSA) is 56.7 Å². The van der Waals surface area contributed by atoms with Gasteiger partial charge in [0.1, 0.15) is 5.69 Å². The average Bonchev–Trinajstić information content (AvgIpc) is 3.69. The van der Waals surface area contributed by atoms with E-state index in [0.717, 1.165) is 40.3 Å². The van der Waals surface area contributed by atoms with Gasteiger partial charge in [-0.2, -0.15) is 13.2 Å². The number of hydrogen-bond acceptors (Lipinski definition) is 4. The Bertz CT molecular complexity index is 2520. The van der Waals surface area contributed by atoms with E-state index >= 15 is 0 Å². The molecule has 0 bridgehead atoms. The van der Waals surface area contributed by atoms with E-state index in [1.807, 2.05) is 72.8 Å². The van der Waals surface area contributed by atoms with Crippen LogP contribution in [0, 0.1) is 18.1 Å². The average molecular weight is 917 g/mol. The summed E-state index contributed by atoms with van der Waals surface area (Å²) >= 11 is 0. The maximum Gasteiger partial charge on any atom is 0.433 e. The Labute approximate surface area is 327 Å². The van der Waals surface area contributed by atoms with Gasteiger partial charge in [-0.05, 0) is 53.0 Å². The van der Waals surface area contributed by atoms with Gasteiger partial charge in [0.15, 0.2) is 0 Å². The van der Waals surface area contributed by atoms with Crippen molar-refractivity contribution in [1.82, 2.24) is 19.5 Å². The molecule has 1 radical (unpaired) electrons. The smallest absolute Gasteiger partial charge is 0.433 e. The van der Waals surface area contributed by atoms with Crippen LogP contribution in [0.15, 0.2) is 120 Å². The predicted molar refractivity (Wildman–Crippen MR) is 210 cm³/mol. The molecule has 54 heavy (non-hydrogen) atoms. The molecule has 0 aliphatic carbocycles. The molecule has 0 unspecified atom stereocenters. The third-order valence-electron chi connectivity index (χ3n) is 9.06. The predicted octanol–water partition coefficient (Wildman–Crippen LogP) is 11.2. The van der Waals surface area contributed by atoms with Gasteiger partial charge >= 0.3 is 6.18 Å². The van der Waals surface area contributed by atoms with Crippen LogP contribution in [0.3, 0.4) is 0 Å². The van der Waals surface area contributed by atoms with Gasteiger partial charge in [-0.3, -0.25) is 4.98 Å². The molecule has 0 atom stereocenters. The standard InChI is InChI=1S/C26H15F3N3O.C18H24NSi.Ir/c27-26(28,29)22-14-13-18-17-9-6-10-19(23(17)33-25(18)31-22)24-30-20-11-4-5-12-21(20)32(24)15-16-7-2-1-3-8-16;1-14(2)11-16-12-17(15-9-7-6-8-10-15)19-13-18(16)20(3,4)5;/h1-9,11-14H,15H2;6-9,12-14H,11H2,1-5H3;/q2*-1;. The zero-order valence-corrected chi connectivity index (χ0v) is 34.0. The van der Waals surface area contributed by atoms with Gasteiger partial charge in [0, 0.05) is 38.2 Å². The second-order valence-electron chi connectivity index (χ2n) is 14.6. The van der Waals surface area contributed by atoms with Crippen LogP contribution in [-0.4, -0.2) is 27.6 Å². The van der Waals surface area contributed by atoms with Gasteiger partial charge < -0.3 is 14.0 Å². The molecule has 8 aromatic rings. The molecule has 0 saturated carbocycles. The largest absolute Gasteiger partial charge is 0.486 e. The number of furan rings is 1. The van der Waals surface area contributed by atoms with Crippen molar-refractivity contribution in [3.8, 4) is 22.6 Å². The second kappa shape index (κ2) is 15.8. The molecule has 0 aliphatic rings. The van der Waals surface area contributed by atoms with E-state index in [1.54, 1.807) is 12.1 Å². The first-order valence-electron chi connectivity index (χ1n) is 17.6. The minimum atomic E-state index is -4.55. The summed E-state index contributed by atoms with van der Waals surface area (Å²) in [4.78, 5) is 13.2. The Balaban J connectivity index is 0.000000205. The molecule has 0 aliphatic heterocycles. The number of benzene rings is 4. The van der Waals surface area contributed by atoms with Crippen LogP contribution >= 0.6 is 0 Å². The van der Waals surface area contributed by atoms with E-state index in [2.05, 4.69) is 78.5 Å². The minimum Gasteiger partial charge on any atom is -0.486 e. The molecule has 0 spiro atoms. The zero-order chi connectivity index (χ0) is 37.3. The number of rotatable bonds is 7. The van der Waals surface area contributed by atoms with E-state index in [9.17, 15) is 13.2 Å². The molecule has 8 rings (SSSR count). The van der Waals surface area contributed by atoms with E-state index in [0.29, 0.717) is 40.2 Å². The maximum absolute atomic E-state index is 13.2.